The van der Waals surface area contributed by atoms with Gasteiger partial charge >= 0.3 is 5.97 Å². The SMILES string of the molecule is CCC(C(=O)O)N(C)Cc1ccc(OC)c(O)c1.Cl. The van der Waals surface area contributed by atoms with Gasteiger partial charge in [0.15, 0.2) is 11.5 Å². The van der Waals surface area contributed by atoms with E-state index in [1.165, 1.54) is 7.11 Å². The van der Waals surface area contributed by atoms with Crippen molar-refractivity contribution in [3.63, 3.8) is 0 Å². The van der Waals surface area contributed by atoms with Crippen molar-refractivity contribution in [1.29, 1.82) is 0 Å². The predicted octanol–water partition coefficient (Wildman–Crippen LogP) is 2.12. The lowest BCUT2D eigenvalue weighted by molar-refractivity contribution is -0.143. The molecule has 0 bridgehead atoms. The zero-order valence-electron chi connectivity index (χ0n) is 11.3. The Morgan fingerprint density at radius 2 is 2.11 bits per heavy atom. The highest BCUT2D eigenvalue weighted by atomic mass is 35.5. The van der Waals surface area contributed by atoms with Crippen LogP contribution in [0.3, 0.4) is 0 Å². The molecular weight excluding hydrogens is 270 g/mol. The van der Waals surface area contributed by atoms with Crippen molar-refractivity contribution < 1.29 is 19.7 Å². The molecule has 0 radical (unpaired) electrons. The Morgan fingerprint density at radius 1 is 1.47 bits per heavy atom. The number of aromatic hydroxyl groups is 1. The Hall–Kier alpha value is -1.46. The smallest absolute Gasteiger partial charge is 0.320 e. The third-order valence-electron chi connectivity index (χ3n) is 2.88. The van der Waals surface area contributed by atoms with Gasteiger partial charge in [0.05, 0.1) is 7.11 Å². The summed E-state index contributed by atoms with van der Waals surface area (Å²) >= 11 is 0. The lowest BCUT2D eigenvalue weighted by Crippen LogP contribution is -2.37. The zero-order valence-corrected chi connectivity index (χ0v) is 12.1. The van der Waals surface area contributed by atoms with E-state index in [0.29, 0.717) is 18.7 Å². The lowest BCUT2D eigenvalue weighted by Gasteiger charge is -2.23. The molecule has 5 nitrogen and oxygen atoms in total. The summed E-state index contributed by atoms with van der Waals surface area (Å²) in [5.74, 6) is -0.365. The summed E-state index contributed by atoms with van der Waals surface area (Å²) in [6, 6.07) is 4.54. The molecule has 0 aromatic heterocycles. The summed E-state index contributed by atoms with van der Waals surface area (Å²) in [7, 11) is 3.24. The summed E-state index contributed by atoms with van der Waals surface area (Å²) in [5.41, 5.74) is 0.843. The Morgan fingerprint density at radius 3 is 2.53 bits per heavy atom. The second-order valence-corrected chi connectivity index (χ2v) is 4.18. The van der Waals surface area contributed by atoms with E-state index in [1.807, 2.05) is 13.0 Å². The van der Waals surface area contributed by atoms with Crippen LogP contribution >= 0.6 is 12.4 Å². The third-order valence-corrected chi connectivity index (χ3v) is 2.88. The van der Waals surface area contributed by atoms with Crippen LogP contribution < -0.4 is 4.74 Å². The first-order chi connectivity index (χ1) is 8.49. The first kappa shape index (κ1) is 17.5. The molecule has 0 spiro atoms. The molecule has 0 saturated heterocycles. The maximum Gasteiger partial charge on any atom is 0.320 e. The zero-order chi connectivity index (χ0) is 13.7. The fourth-order valence-corrected chi connectivity index (χ4v) is 1.91. The topological polar surface area (TPSA) is 70.0 Å². The molecule has 1 rings (SSSR count). The van der Waals surface area contributed by atoms with Crippen LogP contribution in [-0.4, -0.2) is 41.3 Å². The van der Waals surface area contributed by atoms with Gasteiger partial charge in [0.2, 0.25) is 0 Å². The van der Waals surface area contributed by atoms with Gasteiger partial charge in [-0.2, -0.15) is 0 Å². The van der Waals surface area contributed by atoms with E-state index in [1.54, 1.807) is 24.1 Å². The maximum absolute atomic E-state index is 11.0. The van der Waals surface area contributed by atoms with Crippen molar-refractivity contribution in [2.75, 3.05) is 14.2 Å². The fourth-order valence-electron chi connectivity index (χ4n) is 1.91. The summed E-state index contributed by atoms with van der Waals surface area (Å²) in [4.78, 5) is 12.8. The molecular formula is C13H20ClNO4. The molecule has 2 N–H and O–H groups in total. The number of carboxylic acids is 1. The minimum Gasteiger partial charge on any atom is -0.504 e. The van der Waals surface area contributed by atoms with Gasteiger partial charge in [-0.05, 0) is 31.2 Å². The van der Waals surface area contributed by atoms with Crippen LogP contribution in [0, 0.1) is 0 Å². The van der Waals surface area contributed by atoms with Crippen LogP contribution in [0.25, 0.3) is 0 Å². The fraction of sp³-hybridized carbons (Fsp3) is 0.462. The Labute approximate surface area is 119 Å². The number of rotatable bonds is 6. The number of methoxy groups -OCH3 is 1. The second-order valence-electron chi connectivity index (χ2n) is 4.18. The van der Waals surface area contributed by atoms with Gasteiger partial charge in [0, 0.05) is 6.54 Å². The van der Waals surface area contributed by atoms with Crippen molar-refractivity contribution in [1.82, 2.24) is 4.90 Å². The number of nitrogens with zero attached hydrogens (tertiary/aromatic N) is 1. The Balaban J connectivity index is 0.00000324. The average Bonchev–Trinajstić information content (AvgIpc) is 2.29. The largest absolute Gasteiger partial charge is 0.504 e. The quantitative estimate of drug-likeness (QED) is 0.839. The molecule has 19 heavy (non-hydrogen) atoms. The monoisotopic (exact) mass is 289 g/mol. The van der Waals surface area contributed by atoms with E-state index in [4.69, 9.17) is 9.84 Å². The number of ether oxygens (including phenoxy) is 1. The van der Waals surface area contributed by atoms with Gasteiger partial charge in [-0.15, -0.1) is 12.4 Å². The number of halogens is 1. The molecule has 108 valence electrons. The van der Waals surface area contributed by atoms with Crippen LogP contribution in [0.1, 0.15) is 18.9 Å². The Kier molecular flexibility index (Phi) is 7.26. The van der Waals surface area contributed by atoms with Crippen molar-refractivity contribution in [2.45, 2.75) is 25.9 Å². The van der Waals surface area contributed by atoms with Crippen LogP contribution in [-0.2, 0) is 11.3 Å². The molecule has 1 aromatic carbocycles. The van der Waals surface area contributed by atoms with Gasteiger partial charge in [-0.1, -0.05) is 13.0 Å². The predicted molar refractivity (Wildman–Crippen MR) is 75.1 cm³/mol. The number of benzene rings is 1. The Bertz CT molecular complexity index is 425. The van der Waals surface area contributed by atoms with Crippen LogP contribution in [0.4, 0.5) is 0 Å². The minimum atomic E-state index is -0.835. The van der Waals surface area contributed by atoms with Crippen molar-refractivity contribution in [2.24, 2.45) is 0 Å². The molecule has 0 saturated carbocycles. The number of carboxylic acid groups (broad SMARTS) is 1. The van der Waals surface area contributed by atoms with Gasteiger partial charge in [0.25, 0.3) is 0 Å². The molecule has 0 aliphatic heterocycles. The van der Waals surface area contributed by atoms with Crippen molar-refractivity contribution >= 4 is 18.4 Å². The van der Waals surface area contributed by atoms with Crippen LogP contribution in [0.15, 0.2) is 18.2 Å². The summed E-state index contributed by atoms with van der Waals surface area (Å²) < 4.78 is 4.95. The van der Waals surface area contributed by atoms with E-state index in [9.17, 15) is 9.90 Å². The van der Waals surface area contributed by atoms with Crippen LogP contribution in [0.5, 0.6) is 11.5 Å². The van der Waals surface area contributed by atoms with Gasteiger partial charge in [0.1, 0.15) is 6.04 Å². The summed E-state index contributed by atoms with van der Waals surface area (Å²) in [6.07, 6.45) is 0.536. The lowest BCUT2D eigenvalue weighted by atomic mass is 10.1. The first-order valence-corrected chi connectivity index (χ1v) is 5.78. The van der Waals surface area contributed by atoms with Crippen LogP contribution in [0.2, 0.25) is 0 Å². The number of carbonyl (C=O) groups is 1. The number of phenolic OH excluding ortho intramolecular Hbond substituents is 1. The highest BCUT2D eigenvalue weighted by molar-refractivity contribution is 5.85. The van der Waals surface area contributed by atoms with E-state index < -0.39 is 12.0 Å². The molecule has 1 aromatic rings. The van der Waals surface area contributed by atoms with E-state index in [0.717, 1.165) is 5.56 Å². The molecule has 6 heteroatoms. The number of hydrogen-bond donors (Lipinski definition) is 2. The molecule has 0 aliphatic rings. The molecule has 1 atom stereocenters. The maximum atomic E-state index is 11.0. The highest BCUT2D eigenvalue weighted by Crippen LogP contribution is 2.26. The summed E-state index contributed by atoms with van der Waals surface area (Å²) in [5, 5.41) is 18.7. The van der Waals surface area contributed by atoms with Gasteiger partial charge < -0.3 is 14.9 Å². The van der Waals surface area contributed by atoms with Gasteiger partial charge in [-0.3, -0.25) is 9.69 Å². The van der Waals surface area contributed by atoms with Crippen molar-refractivity contribution in [3.8, 4) is 11.5 Å². The number of aliphatic carboxylic acids is 1. The number of hydrogen-bond acceptors (Lipinski definition) is 4. The van der Waals surface area contributed by atoms with Crippen molar-refractivity contribution in [3.05, 3.63) is 23.8 Å². The molecule has 0 amide bonds. The number of phenols is 1. The third kappa shape index (κ3) is 4.61. The normalized spacial score (nSPS) is 11.8. The van der Waals surface area contributed by atoms with E-state index in [-0.39, 0.29) is 18.2 Å². The van der Waals surface area contributed by atoms with E-state index >= 15 is 0 Å². The van der Waals surface area contributed by atoms with E-state index in [2.05, 4.69) is 0 Å². The molecule has 0 fully saturated rings. The molecule has 0 heterocycles. The number of likely N-dealkylation sites (N-methyl/N-ethyl adjacent to an activating group) is 1. The van der Waals surface area contributed by atoms with Gasteiger partial charge in [-0.25, -0.2) is 0 Å². The molecule has 1 unspecified atom stereocenters. The first-order valence-electron chi connectivity index (χ1n) is 5.78. The summed E-state index contributed by atoms with van der Waals surface area (Å²) in [6.45, 7) is 2.29. The minimum absolute atomic E-state index is 0. The second kappa shape index (κ2) is 7.86. The molecule has 0 aliphatic carbocycles. The standard InChI is InChI=1S/C13H19NO4.ClH/c1-4-10(13(16)17)14(2)8-9-5-6-12(18-3)11(15)7-9;/h5-7,10,15H,4,8H2,1-3H3,(H,16,17);1H. The average molecular weight is 290 g/mol. The highest BCUT2D eigenvalue weighted by Gasteiger charge is 2.20.